The molecule has 1 heterocycles. The van der Waals surface area contributed by atoms with Crippen LogP contribution >= 0.6 is 0 Å². The molecule has 1 aromatic carbocycles. The van der Waals surface area contributed by atoms with E-state index < -0.39 is 6.10 Å². The first kappa shape index (κ1) is 12.7. The van der Waals surface area contributed by atoms with E-state index in [1.807, 2.05) is 0 Å². The number of ether oxygens (including phenoxy) is 2. The van der Waals surface area contributed by atoms with Crippen molar-refractivity contribution in [3.05, 3.63) is 23.8 Å². The number of aliphatic hydroxyl groups excluding tert-OH is 1. The van der Waals surface area contributed by atoms with Crippen molar-refractivity contribution in [1.82, 2.24) is 4.90 Å². The SMILES string of the molecule is COc1cccc(C(=O)N2CC[C@@H](O)C2)c1OC. The number of likely N-dealkylation sites (tertiary alicyclic amines) is 1. The van der Waals surface area contributed by atoms with Gasteiger partial charge < -0.3 is 19.5 Å². The van der Waals surface area contributed by atoms with E-state index in [1.165, 1.54) is 14.2 Å². The molecule has 1 fully saturated rings. The lowest BCUT2D eigenvalue weighted by Crippen LogP contribution is -2.29. The number of carbonyl (C=O) groups is 1. The first-order valence-electron chi connectivity index (χ1n) is 5.85. The van der Waals surface area contributed by atoms with E-state index in [1.54, 1.807) is 23.1 Å². The Labute approximate surface area is 106 Å². The maximum absolute atomic E-state index is 12.3. The lowest BCUT2D eigenvalue weighted by atomic mass is 10.1. The van der Waals surface area contributed by atoms with E-state index in [4.69, 9.17) is 9.47 Å². The largest absolute Gasteiger partial charge is 0.493 e. The Morgan fingerprint density at radius 2 is 2.17 bits per heavy atom. The first-order valence-corrected chi connectivity index (χ1v) is 5.85. The second kappa shape index (κ2) is 5.27. The van der Waals surface area contributed by atoms with Crippen LogP contribution in [0.4, 0.5) is 0 Å². The average molecular weight is 251 g/mol. The number of aliphatic hydroxyl groups is 1. The molecular formula is C13H17NO4. The van der Waals surface area contributed by atoms with Gasteiger partial charge in [0.05, 0.1) is 25.9 Å². The number of carbonyl (C=O) groups excluding carboxylic acids is 1. The zero-order valence-electron chi connectivity index (χ0n) is 10.5. The number of amides is 1. The van der Waals surface area contributed by atoms with Gasteiger partial charge in [0.15, 0.2) is 11.5 Å². The monoisotopic (exact) mass is 251 g/mol. The van der Waals surface area contributed by atoms with Gasteiger partial charge in [-0.15, -0.1) is 0 Å². The van der Waals surface area contributed by atoms with Crippen molar-refractivity contribution in [2.75, 3.05) is 27.3 Å². The predicted octanol–water partition coefficient (Wildman–Crippen LogP) is 0.911. The number of nitrogens with zero attached hydrogens (tertiary/aromatic N) is 1. The van der Waals surface area contributed by atoms with Crippen molar-refractivity contribution in [2.45, 2.75) is 12.5 Å². The van der Waals surface area contributed by atoms with E-state index in [9.17, 15) is 9.90 Å². The van der Waals surface area contributed by atoms with E-state index in [0.29, 0.717) is 36.6 Å². The fraction of sp³-hybridized carbons (Fsp3) is 0.462. The van der Waals surface area contributed by atoms with E-state index >= 15 is 0 Å². The van der Waals surface area contributed by atoms with Crippen molar-refractivity contribution in [2.24, 2.45) is 0 Å². The minimum atomic E-state index is -0.425. The van der Waals surface area contributed by atoms with E-state index in [0.717, 1.165) is 0 Å². The van der Waals surface area contributed by atoms with Gasteiger partial charge in [0, 0.05) is 13.1 Å². The molecule has 0 bridgehead atoms. The topological polar surface area (TPSA) is 59.0 Å². The molecule has 1 aliphatic rings. The van der Waals surface area contributed by atoms with Crippen molar-refractivity contribution >= 4 is 5.91 Å². The zero-order chi connectivity index (χ0) is 13.1. The smallest absolute Gasteiger partial charge is 0.257 e. The molecule has 1 N–H and O–H groups in total. The number of rotatable bonds is 3. The zero-order valence-corrected chi connectivity index (χ0v) is 10.5. The van der Waals surface area contributed by atoms with Gasteiger partial charge in [-0.3, -0.25) is 4.79 Å². The molecule has 18 heavy (non-hydrogen) atoms. The van der Waals surface area contributed by atoms with Gasteiger partial charge in [-0.2, -0.15) is 0 Å². The summed E-state index contributed by atoms with van der Waals surface area (Å²) in [5.74, 6) is 0.830. The van der Waals surface area contributed by atoms with Gasteiger partial charge in [-0.1, -0.05) is 6.07 Å². The highest BCUT2D eigenvalue weighted by molar-refractivity contribution is 5.98. The summed E-state index contributed by atoms with van der Waals surface area (Å²) in [4.78, 5) is 13.9. The van der Waals surface area contributed by atoms with Crippen LogP contribution < -0.4 is 9.47 Å². The molecule has 98 valence electrons. The second-order valence-corrected chi connectivity index (χ2v) is 4.23. The van der Waals surface area contributed by atoms with Crippen LogP contribution in [0, 0.1) is 0 Å². The van der Waals surface area contributed by atoms with Gasteiger partial charge in [-0.25, -0.2) is 0 Å². The average Bonchev–Trinajstić information content (AvgIpc) is 2.83. The molecule has 1 amide bonds. The van der Waals surface area contributed by atoms with Crippen LogP contribution in [0.15, 0.2) is 18.2 Å². The number of benzene rings is 1. The summed E-state index contributed by atoms with van der Waals surface area (Å²) in [6, 6.07) is 5.20. The number of β-amino-alcohol motifs (C(OH)–C–C–N with tert-alkyl or cyclic N) is 1. The Balaban J connectivity index is 2.30. The Kier molecular flexibility index (Phi) is 3.72. The van der Waals surface area contributed by atoms with Crippen molar-refractivity contribution in [3.63, 3.8) is 0 Å². The van der Waals surface area contributed by atoms with Crippen LogP contribution in [0.25, 0.3) is 0 Å². The quantitative estimate of drug-likeness (QED) is 0.867. The molecule has 1 aromatic rings. The minimum Gasteiger partial charge on any atom is -0.493 e. The normalized spacial score (nSPS) is 18.8. The molecular weight excluding hydrogens is 234 g/mol. The van der Waals surface area contributed by atoms with Gasteiger partial charge in [0.2, 0.25) is 0 Å². The highest BCUT2D eigenvalue weighted by Crippen LogP contribution is 2.32. The summed E-state index contributed by atoms with van der Waals surface area (Å²) in [7, 11) is 3.04. The minimum absolute atomic E-state index is 0.137. The molecule has 0 radical (unpaired) electrons. The molecule has 5 nitrogen and oxygen atoms in total. The van der Waals surface area contributed by atoms with Crippen molar-refractivity contribution < 1.29 is 19.4 Å². The van der Waals surface area contributed by atoms with Crippen LogP contribution in [0.2, 0.25) is 0 Å². The van der Waals surface area contributed by atoms with Gasteiger partial charge >= 0.3 is 0 Å². The fourth-order valence-electron chi connectivity index (χ4n) is 2.15. The van der Waals surface area contributed by atoms with Crippen LogP contribution in [0.5, 0.6) is 11.5 Å². The summed E-state index contributed by atoms with van der Waals surface area (Å²) in [6.07, 6.45) is 0.198. The molecule has 0 aromatic heterocycles. The standard InChI is InChI=1S/C13H17NO4/c1-17-11-5-3-4-10(12(11)18-2)13(16)14-7-6-9(15)8-14/h3-5,9,15H,6-8H2,1-2H3/t9-/m1/s1. The second-order valence-electron chi connectivity index (χ2n) is 4.23. The third kappa shape index (κ3) is 2.26. The summed E-state index contributed by atoms with van der Waals surface area (Å²) in [5, 5.41) is 9.47. The molecule has 0 spiro atoms. The molecule has 0 unspecified atom stereocenters. The van der Waals surface area contributed by atoms with Crippen molar-refractivity contribution in [3.8, 4) is 11.5 Å². The molecule has 2 rings (SSSR count). The van der Waals surface area contributed by atoms with E-state index in [2.05, 4.69) is 0 Å². The summed E-state index contributed by atoms with van der Waals surface area (Å²) >= 11 is 0. The third-order valence-electron chi connectivity index (χ3n) is 3.08. The summed E-state index contributed by atoms with van der Waals surface area (Å²) in [5.41, 5.74) is 0.464. The number of methoxy groups -OCH3 is 2. The van der Waals surface area contributed by atoms with Crippen LogP contribution in [0.1, 0.15) is 16.8 Å². The van der Waals surface area contributed by atoms with Crippen molar-refractivity contribution in [1.29, 1.82) is 0 Å². The van der Waals surface area contributed by atoms with Crippen LogP contribution in [0.3, 0.4) is 0 Å². The lowest BCUT2D eigenvalue weighted by molar-refractivity contribution is 0.0761. The lowest BCUT2D eigenvalue weighted by Gasteiger charge is -2.18. The molecule has 5 heteroatoms. The Morgan fingerprint density at radius 3 is 2.72 bits per heavy atom. The van der Waals surface area contributed by atoms with Gasteiger partial charge in [-0.05, 0) is 18.6 Å². The highest BCUT2D eigenvalue weighted by Gasteiger charge is 2.28. The van der Waals surface area contributed by atoms with Gasteiger partial charge in [0.25, 0.3) is 5.91 Å². The molecule has 1 aliphatic heterocycles. The first-order chi connectivity index (χ1) is 8.67. The predicted molar refractivity (Wildman–Crippen MR) is 66.1 cm³/mol. The molecule has 1 saturated heterocycles. The van der Waals surface area contributed by atoms with E-state index in [-0.39, 0.29) is 5.91 Å². The Morgan fingerprint density at radius 1 is 1.39 bits per heavy atom. The number of hydrogen-bond acceptors (Lipinski definition) is 4. The fourth-order valence-corrected chi connectivity index (χ4v) is 2.15. The maximum atomic E-state index is 12.3. The molecule has 1 atom stereocenters. The van der Waals surface area contributed by atoms with Gasteiger partial charge in [0.1, 0.15) is 0 Å². The third-order valence-corrected chi connectivity index (χ3v) is 3.08. The highest BCUT2D eigenvalue weighted by atomic mass is 16.5. The number of hydrogen-bond donors (Lipinski definition) is 1. The Hall–Kier alpha value is -1.75. The van der Waals surface area contributed by atoms with Crippen LogP contribution in [-0.4, -0.2) is 49.3 Å². The number of para-hydroxylation sites is 1. The summed E-state index contributed by atoms with van der Waals surface area (Å²) < 4.78 is 10.4. The van der Waals surface area contributed by atoms with Crippen LogP contribution in [-0.2, 0) is 0 Å². The summed E-state index contributed by atoms with van der Waals surface area (Å²) in [6.45, 7) is 0.944. The Bertz CT molecular complexity index is 447. The maximum Gasteiger partial charge on any atom is 0.257 e. The molecule has 0 saturated carbocycles. The molecule has 0 aliphatic carbocycles.